The smallest absolute Gasteiger partial charge is 0.194 e. The van der Waals surface area contributed by atoms with Crippen molar-refractivity contribution < 1.29 is 171 Å². The molecule has 0 aliphatic rings. The van der Waals surface area contributed by atoms with Gasteiger partial charge < -0.3 is 0 Å². The summed E-state index contributed by atoms with van der Waals surface area (Å²) in [5, 5.41) is -9.28. The van der Waals surface area contributed by atoms with E-state index < -0.39 is 202 Å². The number of halogens is 39. The number of rotatable bonds is 18. The van der Waals surface area contributed by atoms with Crippen LogP contribution in [0.15, 0.2) is 72.8 Å². The molecule has 0 saturated heterocycles. The maximum absolute atomic E-state index is 16.0. The van der Waals surface area contributed by atoms with Gasteiger partial charge in [-0.15, -0.1) is 0 Å². The van der Waals surface area contributed by atoms with Gasteiger partial charge in [0.2, 0.25) is 0 Å². The van der Waals surface area contributed by atoms with Gasteiger partial charge in [0.05, 0.1) is 0 Å². The van der Waals surface area contributed by atoms with Gasteiger partial charge in [-0.05, 0) is 23.8 Å². The average Bonchev–Trinajstić information content (AvgIpc) is 3.24. The van der Waals surface area contributed by atoms with Gasteiger partial charge in [-0.1, -0.05) is 72.8 Å². The topological polar surface area (TPSA) is 0 Å². The fraction of sp³-hybridized carbons (Fsp3) is 0.500. The molecule has 0 heterocycles. The maximum atomic E-state index is 16.0. The molecule has 76 heavy (non-hydrogen) atoms. The highest BCUT2D eigenvalue weighted by molar-refractivity contribution is 7.80. The molecule has 3 aromatic carbocycles. The van der Waals surface area contributed by atoms with Crippen LogP contribution in [0.4, 0.5) is 171 Å². The number of alkyl halides is 39. The Labute approximate surface area is 392 Å². The van der Waals surface area contributed by atoms with Crippen LogP contribution in [0.2, 0.25) is 0 Å². The van der Waals surface area contributed by atoms with E-state index in [2.05, 4.69) is 0 Å². The van der Waals surface area contributed by atoms with Crippen molar-refractivity contribution in [3.05, 3.63) is 89.5 Å². The van der Waals surface area contributed by atoms with Crippen LogP contribution in [-0.2, 0) is 17.8 Å². The van der Waals surface area contributed by atoms with E-state index in [-0.39, 0.29) is 18.2 Å². The van der Waals surface area contributed by atoms with E-state index in [0.29, 0.717) is 0 Å². The van der Waals surface area contributed by atoms with Gasteiger partial charge in [-0.25, -0.2) is 0 Å². The highest BCUT2D eigenvalue weighted by Gasteiger charge is 2.94. The Morgan fingerprint density at radius 3 is 0.487 bits per heavy atom. The predicted octanol–water partition coefficient (Wildman–Crippen LogP) is 16.0. The fourth-order valence-corrected chi connectivity index (χ4v) is 8.86. The van der Waals surface area contributed by atoms with Crippen LogP contribution in [-0.4, -0.2) is 89.6 Å². The fourth-order valence-electron chi connectivity index (χ4n) is 6.01. The molecular formula is C36H12F39P. The summed E-state index contributed by atoms with van der Waals surface area (Å²) in [5.41, 5.74) is -11.4. The lowest BCUT2D eigenvalue weighted by molar-refractivity contribution is -0.441. The molecule has 0 atom stereocenters. The molecule has 3 rings (SSSR count). The molecule has 0 spiro atoms. The van der Waals surface area contributed by atoms with E-state index in [0.717, 1.165) is 0 Å². The molecule has 0 aliphatic carbocycles. The third-order valence-corrected chi connectivity index (χ3v) is 12.9. The summed E-state index contributed by atoms with van der Waals surface area (Å²) in [6, 6.07) is -8.34. The SMILES string of the molecule is FC(F)(F)C(F)(F)C(F)(F)C(F)(F)C(F)(F)C(F)(F)c1ccccc1P(c1ccccc1C(F)(F)C(F)(F)C(F)(F)C(F)(F)C(F)(F)C(F)(F)F)c1ccccc1C(F)(F)C(F)(F)C(F)(F)C(F)(F)C(F)(F)C(F)(F)F. The largest absolute Gasteiger partial charge is 0.460 e. The Morgan fingerprint density at radius 2 is 0.329 bits per heavy atom. The summed E-state index contributed by atoms with van der Waals surface area (Å²) in [4.78, 5) is 0. The maximum Gasteiger partial charge on any atom is 0.460 e. The zero-order chi connectivity index (χ0) is 60.5. The third kappa shape index (κ3) is 8.67. The summed E-state index contributed by atoms with van der Waals surface area (Å²) in [6.45, 7) is 0. The summed E-state index contributed by atoms with van der Waals surface area (Å²) >= 11 is 0. The first kappa shape index (κ1) is 65.6. The molecule has 0 aliphatic heterocycles. The highest BCUT2D eigenvalue weighted by Crippen LogP contribution is 2.67. The first-order chi connectivity index (χ1) is 33.1. The average molecular weight is 1220 g/mol. The molecular weight excluding hydrogens is 1200 g/mol. The van der Waals surface area contributed by atoms with Gasteiger partial charge in [-0.2, -0.15) is 171 Å². The van der Waals surface area contributed by atoms with E-state index in [9.17, 15) is 119 Å². The Bertz CT molecular complexity index is 2300. The monoisotopic (exact) mass is 1220 g/mol. The molecule has 0 nitrogen and oxygen atoms in total. The van der Waals surface area contributed by atoms with Crippen molar-refractivity contribution in [3.63, 3.8) is 0 Å². The first-order valence-electron chi connectivity index (χ1n) is 18.0. The zero-order valence-electron chi connectivity index (χ0n) is 34.1. The Balaban J connectivity index is 2.77. The molecule has 0 bridgehead atoms. The molecule has 0 radical (unpaired) electrons. The molecule has 0 aromatic heterocycles. The van der Waals surface area contributed by atoms with Crippen LogP contribution < -0.4 is 15.9 Å². The van der Waals surface area contributed by atoms with Gasteiger partial charge in [-0.3, -0.25) is 0 Å². The second kappa shape index (κ2) is 18.2. The molecule has 434 valence electrons. The van der Waals surface area contributed by atoms with Gasteiger partial charge in [0.15, 0.2) is 0 Å². The van der Waals surface area contributed by atoms with E-state index in [4.69, 9.17) is 0 Å². The quantitative estimate of drug-likeness (QED) is 0.0880. The lowest BCUT2D eigenvalue weighted by Gasteiger charge is -2.42. The van der Waals surface area contributed by atoms with Crippen LogP contribution in [0.25, 0.3) is 0 Å². The predicted molar refractivity (Wildman–Crippen MR) is 174 cm³/mol. The Hall–Kier alpha value is -4.64. The van der Waals surface area contributed by atoms with Gasteiger partial charge in [0, 0.05) is 16.7 Å². The lowest BCUT2D eigenvalue weighted by atomic mass is 9.90. The van der Waals surface area contributed by atoms with Crippen LogP contribution in [0.1, 0.15) is 16.7 Å². The minimum Gasteiger partial charge on any atom is -0.194 e. The summed E-state index contributed by atoms with van der Waals surface area (Å²) < 4.78 is 559. The van der Waals surface area contributed by atoms with E-state index >= 15 is 52.7 Å². The van der Waals surface area contributed by atoms with Gasteiger partial charge in [0.25, 0.3) is 0 Å². The van der Waals surface area contributed by atoms with Crippen LogP contribution in [0.3, 0.4) is 0 Å². The van der Waals surface area contributed by atoms with Crippen molar-refractivity contribution in [2.24, 2.45) is 0 Å². The van der Waals surface area contributed by atoms with Crippen LogP contribution in [0.5, 0.6) is 0 Å². The molecule has 0 amide bonds. The third-order valence-electron chi connectivity index (χ3n) is 10.2. The van der Waals surface area contributed by atoms with Crippen LogP contribution >= 0.6 is 7.92 Å². The van der Waals surface area contributed by atoms with Crippen molar-refractivity contribution in [1.29, 1.82) is 0 Å². The van der Waals surface area contributed by atoms with Crippen LogP contribution in [0, 0.1) is 0 Å². The first-order valence-corrected chi connectivity index (χ1v) is 19.4. The zero-order valence-corrected chi connectivity index (χ0v) is 35.0. The summed E-state index contributed by atoms with van der Waals surface area (Å²) in [7, 11) is -5.88. The van der Waals surface area contributed by atoms with Crippen molar-refractivity contribution in [3.8, 4) is 0 Å². The molecule has 0 fully saturated rings. The summed E-state index contributed by atoms with van der Waals surface area (Å²) in [5.74, 6) is -130. The van der Waals surface area contributed by atoms with E-state index in [1.54, 1.807) is 0 Å². The minimum absolute atomic E-state index is 0.306. The molecule has 0 N–H and O–H groups in total. The number of hydrogen-bond acceptors (Lipinski definition) is 0. The number of benzene rings is 3. The lowest BCUT2D eigenvalue weighted by Crippen LogP contribution is -2.70. The second-order valence-electron chi connectivity index (χ2n) is 15.0. The molecule has 40 heteroatoms. The molecule has 0 saturated carbocycles. The molecule has 0 unspecified atom stereocenters. The van der Waals surface area contributed by atoms with E-state index in [1.165, 1.54) is 0 Å². The summed E-state index contributed by atoms with van der Waals surface area (Å²) in [6.07, 6.45) is -24.6. The minimum atomic E-state index is -9.01. The standard InChI is InChI=1S/C36H12F39P/c37-19(38,22(43,44)25(49,50)28(55,56)31(61,62)34(67,68)69)13-7-1-4-10-16(13)76(17-11-5-2-8-14(17)20(39,40)23(45,46)26(51,52)29(57,58)32(63,64)35(70,71)72)18-12-6-3-9-15(18)21(41,42)24(47,48)27(53,54)30(59,60)33(65,66)36(73,74)75/h1-12H. The van der Waals surface area contributed by atoms with E-state index in [1.807, 2.05) is 0 Å². The van der Waals surface area contributed by atoms with Crippen molar-refractivity contribution >= 4 is 23.8 Å². The number of hydrogen-bond donors (Lipinski definition) is 0. The van der Waals surface area contributed by atoms with Crippen molar-refractivity contribution in [2.45, 2.75) is 107 Å². The molecule has 3 aromatic rings. The van der Waals surface area contributed by atoms with Gasteiger partial charge >= 0.3 is 107 Å². The Kier molecular flexibility index (Phi) is 15.7. The van der Waals surface area contributed by atoms with Gasteiger partial charge in [0.1, 0.15) is 0 Å². The Morgan fingerprint density at radius 1 is 0.184 bits per heavy atom. The van der Waals surface area contributed by atoms with Crippen molar-refractivity contribution in [2.75, 3.05) is 0 Å². The normalized spacial score (nSPS) is 15.9. The second-order valence-corrected chi connectivity index (χ2v) is 17.1. The van der Waals surface area contributed by atoms with Crippen molar-refractivity contribution in [1.82, 2.24) is 0 Å². The highest BCUT2D eigenvalue weighted by atomic mass is 31.1.